The Kier molecular flexibility index (Phi) is 3.89. The number of alkyl halides is 3. The lowest BCUT2D eigenvalue weighted by Gasteiger charge is -2.16. The monoisotopic (exact) mass is 287 g/mol. The summed E-state index contributed by atoms with van der Waals surface area (Å²) in [4.78, 5) is 13.6. The summed E-state index contributed by atoms with van der Waals surface area (Å²) in [6, 6.07) is 3.77. The van der Waals surface area contributed by atoms with Gasteiger partial charge < -0.3 is 11.1 Å². The Labute approximate surface area is 114 Å². The third kappa shape index (κ3) is 3.63. The molecule has 1 aliphatic carbocycles. The fraction of sp³-hybridized carbons (Fsp3) is 0.462. The maximum absolute atomic E-state index is 12.7. The van der Waals surface area contributed by atoms with Crippen LogP contribution in [-0.2, 0) is 11.0 Å². The van der Waals surface area contributed by atoms with Crippen molar-refractivity contribution in [2.45, 2.75) is 25.1 Å². The largest absolute Gasteiger partial charge is 0.418 e. The van der Waals surface area contributed by atoms with E-state index in [9.17, 15) is 18.0 Å². The van der Waals surface area contributed by atoms with E-state index in [-0.39, 0.29) is 23.8 Å². The highest BCUT2D eigenvalue weighted by Crippen LogP contribution is 2.35. The van der Waals surface area contributed by atoms with Crippen LogP contribution in [0.1, 0.15) is 18.4 Å². The van der Waals surface area contributed by atoms with Gasteiger partial charge in [-0.3, -0.25) is 9.69 Å². The summed E-state index contributed by atoms with van der Waals surface area (Å²) >= 11 is 0. The number of nitrogens with two attached hydrogens (primary N) is 1. The number of carbonyl (C=O) groups is 1. The fourth-order valence-electron chi connectivity index (χ4n) is 1.95. The first-order chi connectivity index (χ1) is 9.27. The Balaban J connectivity index is 2.03. The van der Waals surface area contributed by atoms with Crippen molar-refractivity contribution in [3.63, 3.8) is 0 Å². The lowest BCUT2D eigenvalue weighted by atomic mass is 10.1. The van der Waals surface area contributed by atoms with E-state index in [1.165, 1.54) is 6.07 Å². The normalized spacial score (nSPS) is 15.4. The SMILES string of the molecule is CN(CC(=O)Nc1ccc(N)c(C(F)(F)F)c1)C1CC1. The molecule has 0 spiro atoms. The van der Waals surface area contributed by atoms with E-state index >= 15 is 0 Å². The van der Waals surface area contributed by atoms with Crippen LogP contribution in [0.2, 0.25) is 0 Å². The van der Waals surface area contributed by atoms with Crippen LogP contribution in [0, 0.1) is 0 Å². The van der Waals surface area contributed by atoms with Gasteiger partial charge in [0.2, 0.25) is 5.91 Å². The topological polar surface area (TPSA) is 58.4 Å². The van der Waals surface area contributed by atoms with Gasteiger partial charge in [0, 0.05) is 17.4 Å². The van der Waals surface area contributed by atoms with Crippen molar-refractivity contribution in [3.05, 3.63) is 23.8 Å². The highest BCUT2D eigenvalue weighted by atomic mass is 19.4. The Morgan fingerprint density at radius 2 is 2.10 bits per heavy atom. The van der Waals surface area contributed by atoms with Crippen LogP contribution in [0.4, 0.5) is 24.5 Å². The molecular formula is C13H16F3N3O. The van der Waals surface area contributed by atoms with Gasteiger partial charge in [-0.1, -0.05) is 0 Å². The number of amides is 1. The number of benzene rings is 1. The Morgan fingerprint density at radius 1 is 1.45 bits per heavy atom. The molecule has 4 nitrogen and oxygen atoms in total. The van der Waals surface area contributed by atoms with E-state index < -0.39 is 11.7 Å². The quantitative estimate of drug-likeness (QED) is 0.836. The zero-order valence-electron chi connectivity index (χ0n) is 11.0. The van der Waals surface area contributed by atoms with E-state index in [1.54, 1.807) is 0 Å². The molecule has 3 N–H and O–H groups in total. The summed E-state index contributed by atoms with van der Waals surface area (Å²) < 4.78 is 38.1. The minimum Gasteiger partial charge on any atom is -0.398 e. The molecule has 1 aromatic carbocycles. The average molecular weight is 287 g/mol. The van der Waals surface area contributed by atoms with E-state index in [0.717, 1.165) is 25.0 Å². The van der Waals surface area contributed by atoms with E-state index in [1.807, 2.05) is 11.9 Å². The molecule has 110 valence electrons. The van der Waals surface area contributed by atoms with Gasteiger partial charge in [-0.2, -0.15) is 13.2 Å². The van der Waals surface area contributed by atoms with Gasteiger partial charge in [0.15, 0.2) is 0 Å². The molecule has 1 saturated carbocycles. The molecule has 20 heavy (non-hydrogen) atoms. The van der Waals surface area contributed by atoms with E-state index in [4.69, 9.17) is 5.73 Å². The van der Waals surface area contributed by atoms with Gasteiger partial charge in [0.1, 0.15) is 0 Å². The molecule has 0 saturated heterocycles. The van der Waals surface area contributed by atoms with Crippen LogP contribution in [0.25, 0.3) is 0 Å². The van der Waals surface area contributed by atoms with Gasteiger partial charge in [0.25, 0.3) is 0 Å². The lowest BCUT2D eigenvalue weighted by Crippen LogP contribution is -2.31. The predicted molar refractivity (Wildman–Crippen MR) is 70.1 cm³/mol. The first-order valence-electron chi connectivity index (χ1n) is 6.24. The van der Waals surface area contributed by atoms with Gasteiger partial charge in [0.05, 0.1) is 12.1 Å². The molecule has 1 aliphatic rings. The highest BCUT2D eigenvalue weighted by Gasteiger charge is 2.33. The molecule has 0 aliphatic heterocycles. The van der Waals surface area contributed by atoms with Gasteiger partial charge in [-0.05, 0) is 38.1 Å². The first kappa shape index (κ1) is 14.6. The zero-order chi connectivity index (χ0) is 14.9. The van der Waals surface area contributed by atoms with Crippen molar-refractivity contribution in [1.82, 2.24) is 4.90 Å². The number of anilines is 2. The van der Waals surface area contributed by atoms with Crippen LogP contribution in [0.5, 0.6) is 0 Å². The first-order valence-corrected chi connectivity index (χ1v) is 6.24. The maximum Gasteiger partial charge on any atom is 0.418 e. The number of likely N-dealkylation sites (N-methyl/N-ethyl adjacent to an activating group) is 1. The number of hydrogen-bond donors (Lipinski definition) is 2. The Hall–Kier alpha value is -1.76. The number of nitrogens with zero attached hydrogens (tertiary/aromatic N) is 1. The number of nitrogens with one attached hydrogen (secondary N) is 1. The fourth-order valence-corrected chi connectivity index (χ4v) is 1.95. The summed E-state index contributed by atoms with van der Waals surface area (Å²) in [6.45, 7) is 0.163. The summed E-state index contributed by atoms with van der Waals surface area (Å²) in [5.74, 6) is -0.336. The molecule has 2 rings (SSSR count). The van der Waals surface area contributed by atoms with Crippen molar-refractivity contribution in [3.8, 4) is 0 Å². The number of hydrogen-bond acceptors (Lipinski definition) is 3. The molecule has 0 atom stereocenters. The van der Waals surface area contributed by atoms with Gasteiger partial charge >= 0.3 is 6.18 Å². The molecule has 1 fully saturated rings. The highest BCUT2D eigenvalue weighted by molar-refractivity contribution is 5.92. The number of halogens is 3. The molecule has 0 bridgehead atoms. The third-order valence-corrected chi connectivity index (χ3v) is 3.21. The second-order valence-electron chi connectivity index (χ2n) is 4.99. The van der Waals surface area contributed by atoms with Gasteiger partial charge in [-0.25, -0.2) is 0 Å². The summed E-state index contributed by atoms with van der Waals surface area (Å²) in [5, 5.41) is 2.46. The Bertz CT molecular complexity index is 512. The maximum atomic E-state index is 12.7. The lowest BCUT2D eigenvalue weighted by molar-refractivity contribution is -0.136. The van der Waals surface area contributed by atoms with Crippen molar-refractivity contribution in [2.24, 2.45) is 0 Å². The minimum absolute atomic E-state index is 0.0979. The van der Waals surface area contributed by atoms with Crippen LogP contribution in [-0.4, -0.2) is 30.4 Å². The second-order valence-corrected chi connectivity index (χ2v) is 4.99. The number of rotatable bonds is 4. The van der Waals surface area contributed by atoms with E-state index in [2.05, 4.69) is 5.32 Å². The molecular weight excluding hydrogens is 271 g/mol. The minimum atomic E-state index is -4.53. The number of nitrogen functional groups attached to an aromatic ring is 1. The zero-order valence-corrected chi connectivity index (χ0v) is 11.0. The van der Waals surface area contributed by atoms with Crippen molar-refractivity contribution < 1.29 is 18.0 Å². The standard InChI is InChI=1S/C13H16F3N3O/c1-19(9-3-4-9)7-12(20)18-8-2-5-11(17)10(6-8)13(14,15)16/h2,5-6,9H,3-4,7,17H2,1H3,(H,18,20). The molecule has 7 heteroatoms. The molecule has 0 radical (unpaired) electrons. The molecule has 0 heterocycles. The van der Waals surface area contributed by atoms with Crippen molar-refractivity contribution in [1.29, 1.82) is 0 Å². The predicted octanol–water partition coefficient (Wildman–Crippen LogP) is 2.32. The van der Waals surface area contributed by atoms with Crippen LogP contribution in [0.15, 0.2) is 18.2 Å². The Morgan fingerprint density at radius 3 is 2.65 bits per heavy atom. The van der Waals surface area contributed by atoms with Crippen LogP contribution >= 0.6 is 0 Å². The molecule has 0 unspecified atom stereocenters. The summed E-state index contributed by atoms with van der Waals surface area (Å²) in [5.41, 5.74) is 4.10. The molecule has 1 aromatic rings. The van der Waals surface area contributed by atoms with Gasteiger partial charge in [-0.15, -0.1) is 0 Å². The summed E-state index contributed by atoms with van der Waals surface area (Å²) in [7, 11) is 1.82. The second kappa shape index (κ2) is 5.32. The number of carbonyl (C=O) groups excluding carboxylic acids is 1. The third-order valence-electron chi connectivity index (χ3n) is 3.21. The summed E-state index contributed by atoms with van der Waals surface area (Å²) in [6.07, 6.45) is -2.41. The average Bonchev–Trinajstić information content (AvgIpc) is 3.13. The smallest absolute Gasteiger partial charge is 0.398 e. The van der Waals surface area contributed by atoms with Crippen molar-refractivity contribution in [2.75, 3.05) is 24.6 Å². The van der Waals surface area contributed by atoms with Crippen LogP contribution < -0.4 is 11.1 Å². The van der Waals surface area contributed by atoms with Crippen LogP contribution in [0.3, 0.4) is 0 Å². The molecule has 1 amide bonds. The van der Waals surface area contributed by atoms with E-state index in [0.29, 0.717) is 6.04 Å². The van der Waals surface area contributed by atoms with Crippen molar-refractivity contribution >= 4 is 17.3 Å². The molecule has 0 aromatic heterocycles.